The number of phenols is 2. The molecule has 2 amide bonds. The van der Waals surface area contributed by atoms with Gasteiger partial charge in [-0.15, -0.1) is 0 Å². The number of aliphatic hydroxyl groups is 1. The molecule has 1 unspecified atom stereocenters. The van der Waals surface area contributed by atoms with Crippen molar-refractivity contribution in [1.29, 1.82) is 0 Å². The molecule has 0 radical (unpaired) electrons. The highest BCUT2D eigenvalue weighted by Gasteiger charge is 2.20. The van der Waals surface area contributed by atoms with Crippen molar-refractivity contribution in [2.45, 2.75) is 13.0 Å². The average molecular weight is 316 g/mol. The smallest absolute Gasteiger partial charge is 0.273 e. The standard InChI is InChI=1S/C16H16N2O5/c1-9-7-11(19)8-12(20)13(9)15(22)17-18-16(23)14(21)10-5-3-2-4-6-10/h2-8,14,19-21H,1H3,(H,17,22)(H,18,23). The number of aryl methyl sites for hydroxylation is 1. The molecule has 0 aliphatic rings. The Hall–Kier alpha value is -3.06. The normalized spacial score (nSPS) is 11.6. The van der Waals surface area contributed by atoms with Crippen molar-refractivity contribution >= 4 is 11.8 Å². The van der Waals surface area contributed by atoms with E-state index >= 15 is 0 Å². The van der Waals surface area contributed by atoms with Crippen LogP contribution < -0.4 is 10.9 Å². The summed E-state index contributed by atoms with van der Waals surface area (Å²) in [6, 6.07) is 10.5. The second-order valence-electron chi connectivity index (χ2n) is 4.91. The van der Waals surface area contributed by atoms with Crippen LogP contribution in [0.1, 0.15) is 27.6 Å². The molecule has 0 aliphatic heterocycles. The van der Waals surface area contributed by atoms with Crippen molar-refractivity contribution in [3.8, 4) is 11.5 Å². The molecule has 7 heteroatoms. The first-order chi connectivity index (χ1) is 10.9. The molecular weight excluding hydrogens is 300 g/mol. The Bertz CT molecular complexity index is 708. The van der Waals surface area contributed by atoms with Gasteiger partial charge < -0.3 is 15.3 Å². The van der Waals surface area contributed by atoms with Crippen LogP contribution in [0.5, 0.6) is 11.5 Å². The largest absolute Gasteiger partial charge is 0.508 e. The third-order valence-corrected chi connectivity index (χ3v) is 3.19. The van der Waals surface area contributed by atoms with E-state index < -0.39 is 23.7 Å². The van der Waals surface area contributed by atoms with Gasteiger partial charge in [0.1, 0.15) is 11.5 Å². The maximum Gasteiger partial charge on any atom is 0.273 e. The molecule has 7 nitrogen and oxygen atoms in total. The van der Waals surface area contributed by atoms with Gasteiger partial charge in [-0.3, -0.25) is 20.4 Å². The lowest BCUT2D eigenvalue weighted by molar-refractivity contribution is -0.130. The molecule has 0 spiro atoms. The second kappa shape index (κ2) is 6.80. The Morgan fingerprint density at radius 1 is 1.04 bits per heavy atom. The average Bonchev–Trinajstić information content (AvgIpc) is 2.51. The van der Waals surface area contributed by atoms with Gasteiger partial charge >= 0.3 is 0 Å². The zero-order chi connectivity index (χ0) is 17.0. The molecular formula is C16H16N2O5. The van der Waals surface area contributed by atoms with Crippen molar-refractivity contribution in [2.24, 2.45) is 0 Å². The maximum atomic E-state index is 12.0. The fraction of sp³-hybridized carbons (Fsp3) is 0.125. The molecule has 2 aromatic carbocycles. The number of aliphatic hydroxyl groups excluding tert-OH is 1. The predicted octanol–water partition coefficient (Wildman–Crippen LogP) is 0.901. The van der Waals surface area contributed by atoms with Crippen LogP contribution in [0.3, 0.4) is 0 Å². The van der Waals surface area contributed by atoms with Gasteiger partial charge in [-0.25, -0.2) is 0 Å². The van der Waals surface area contributed by atoms with Crippen molar-refractivity contribution in [3.05, 3.63) is 59.2 Å². The topological polar surface area (TPSA) is 119 Å². The fourth-order valence-corrected chi connectivity index (χ4v) is 2.08. The molecule has 0 bridgehead atoms. The number of carbonyl (C=O) groups is 2. The van der Waals surface area contributed by atoms with Crippen LogP contribution in [0.2, 0.25) is 0 Å². The highest BCUT2D eigenvalue weighted by molar-refractivity contribution is 5.99. The van der Waals surface area contributed by atoms with Gasteiger partial charge in [-0.2, -0.15) is 0 Å². The van der Waals surface area contributed by atoms with Crippen LogP contribution in [0.15, 0.2) is 42.5 Å². The zero-order valence-electron chi connectivity index (χ0n) is 12.3. The molecule has 2 rings (SSSR count). The molecule has 0 fully saturated rings. The van der Waals surface area contributed by atoms with E-state index in [1.54, 1.807) is 30.3 Å². The van der Waals surface area contributed by atoms with Crippen LogP contribution in [0, 0.1) is 6.92 Å². The summed E-state index contributed by atoms with van der Waals surface area (Å²) in [6.07, 6.45) is -1.44. The van der Waals surface area contributed by atoms with E-state index in [-0.39, 0.29) is 11.3 Å². The molecule has 0 heterocycles. The third kappa shape index (κ3) is 3.78. The van der Waals surface area contributed by atoms with Crippen molar-refractivity contribution in [1.82, 2.24) is 10.9 Å². The van der Waals surface area contributed by atoms with Gasteiger partial charge in [-0.1, -0.05) is 30.3 Å². The molecule has 0 aromatic heterocycles. The summed E-state index contributed by atoms with van der Waals surface area (Å²) in [4.78, 5) is 23.8. The molecule has 5 N–H and O–H groups in total. The lowest BCUT2D eigenvalue weighted by atomic mass is 10.1. The Balaban J connectivity index is 2.04. The Morgan fingerprint density at radius 3 is 2.30 bits per heavy atom. The van der Waals surface area contributed by atoms with Gasteiger partial charge in [0, 0.05) is 6.07 Å². The minimum Gasteiger partial charge on any atom is -0.508 e. The molecule has 0 aliphatic carbocycles. The second-order valence-corrected chi connectivity index (χ2v) is 4.91. The van der Waals surface area contributed by atoms with Gasteiger partial charge in [0.2, 0.25) is 0 Å². The summed E-state index contributed by atoms with van der Waals surface area (Å²) in [5.41, 5.74) is 4.82. The molecule has 120 valence electrons. The third-order valence-electron chi connectivity index (χ3n) is 3.19. The van der Waals surface area contributed by atoms with Gasteiger partial charge in [0.05, 0.1) is 5.56 Å². The summed E-state index contributed by atoms with van der Waals surface area (Å²) in [5.74, 6) is -2.19. The number of aromatic hydroxyl groups is 2. The Kier molecular flexibility index (Phi) is 4.82. The summed E-state index contributed by atoms with van der Waals surface area (Å²) in [6.45, 7) is 1.52. The number of hydrazine groups is 1. The minimum absolute atomic E-state index is 0.0858. The predicted molar refractivity (Wildman–Crippen MR) is 81.5 cm³/mol. The zero-order valence-corrected chi connectivity index (χ0v) is 12.3. The number of rotatable bonds is 3. The highest BCUT2D eigenvalue weighted by Crippen LogP contribution is 2.26. The van der Waals surface area contributed by atoms with Gasteiger partial charge in [0.15, 0.2) is 6.10 Å². The first-order valence-electron chi connectivity index (χ1n) is 6.76. The van der Waals surface area contributed by atoms with Gasteiger partial charge in [0.25, 0.3) is 11.8 Å². The fourth-order valence-electron chi connectivity index (χ4n) is 2.08. The Labute approximate surface area is 132 Å². The number of carbonyl (C=O) groups excluding carboxylic acids is 2. The molecule has 1 atom stereocenters. The first-order valence-corrected chi connectivity index (χ1v) is 6.76. The first kappa shape index (κ1) is 16.3. The lowest BCUT2D eigenvalue weighted by Crippen LogP contribution is -2.44. The van der Waals surface area contributed by atoms with Crippen LogP contribution in [0.25, 0.3) is 0 Å². The number of hydrogen-bond acceptors (Lipinski definition) is 5. The van der Waals surface area contributed by atoms with E-state index in [1.807, 2.05) is 0 Å². The number of phenolic OH excluding ortho intramolecular Hbond substituents is 2. The summed E-state index contributed by atoms with van der Waals surface area (Å²) < 4.78 is 0. The number of benzene rings is 2. The monoisotopic (exact) mass is 316 g/mol. The summed E-state index contributed by atoms with van der Waals surface area (Å²) in [7, 11) is 0. The number of nitrogens with one attached hydrogen (secondary N) is 2. The van der Waals surface area contributed by atoms with E-state index in [1.165, 1.54) is 13.0 Å². The highest BCUT2D eigenvalue weighted by atomic mass is 16.3. The van der Waals surface area contributed by atoms with Crippen LogP contribution in [-0.4, -0.2) is 27.1 Å². The number of amides is 2. The minimum atomic E-state index is -1.44. The van der Waals surface area contributed by atoms with Crippen LogP contribution in [0.4, 0.5) is 0 Å². The van der Waals surface area contributed by atoms with E-state index in [4.69, 9.17) is 0 Å². The molecule has 0 saturated heterocycles. The summed E-state index contributed by atoms with van der Waals surface area (Å²) in [5, 5.41) is 28.9. The van der Waals surface area contributed by atoms with Crippen molar-refractivity contribution in [2.75, 3.05) is 0 Å². The SMILES string of the molecule is Cc1cc(O)cc(O)c1C(=O)NNC(=O)C(O)c1ccccc1. The van der Waals surface area contributed by atoms with Crippen LogP contribution >= 0.6 is 0 Å². The van der Waals surface area contributed by atoms with E-state index in [2.05, 4.69) is 10.9 Å². The van der Waals surface area contributed by atoms with Crippen LogP contribution in [-0.2, 0) is 4.79 Å². The molecule has 0 saturated carbocycles. The van der Waals surface area contributed by atoms with Crippen molar-refractivity contribution in [3.63, 3.8) is 0 Å². The Morgan fingerprint density at radius 2 is 1.70 bits per heavy atom. The van der Waals surface area contributed by atoms with Gasteiger partial charge in [-0.05, 0) is 24.1 Å². The van der Waals surface area contributed by atoms with E-state index in [0.29, 0.717) is 11.1 Å². The number of hydrogen-bond donors (Lipinski definition) is 5. The van der Waals surface area contributed by atoms with Crippen molar-refractivity contribution < 1.29 is 24.9 Å². The molecule has 2 aromatic rings. The lowest BCUT2D eigenvalue weighted by Gasteiger charge is -2.14. The molecule has 23 heavy (non-hydrogen) atoms. The summed E-state index contributed by atoms with van der Waals surface area (Å²) >= 11 is 0. The van der Waals surface area contributed by atoms with E-state index in [9.17, 15) is 24.9 Å². The maximum absolute atomic E-state index is 12.0. The van der Waals surface area contributed by atoms with E-state index in [0.717, 1.165) is 6.07 Å². The quantitative estimate of drug-likeness (QED) is 0.539.